The van der Waals surface area contributed by atoms with Crippen molar-refractivity contribution in [1.82, 2.24) is 9.97 Å². The highest BCUT2D eigenvalue weighted by atomic mass is 32.1. The quantitative estimate of drug-likeness (QED) is 0.430. The number of thiazole rings is 2. The molecule has 2 aromatic carbocycles. The van der Waals surface area contributed by atoms with E-state index in [0.29, 0.717) is 22.1 Å². The molecule has 0 unspecified atom stereocenters. The molecule has 0 fully saturated rings. The van der Waals surface area contributed by atoms with E-state index in [0.717, 1.165) is 26.9 Å². The van der Waals surface area contributed by atoms with E-state index >= 15 is 0 Å². The second kappa shape index (κ2) is 6.74. The van der Waals surface area contributed by atoms with Crippen LogP contribution in [0, 0.1) is 0 Å². The van der Waals surface area contributed by atoms with Crippen LogP contribution in [0.4, 0.5) is 5.13 Å². The van der Waals surface area contributed by atoms with Crippen molar-refractivity contribution in [2.24, 2.45) is 0 Å². The van der Waals surface area contributed by atoms with Gasteiger partial charge in [0.25, 0.3) is 5.91 Å². The number of hydrogen-bond acceptors (Lipinski definition) is 7. The molecule has 0 aliphatic rings. The van der Waals surface area contributed by atoms with Crippen molar-refractivity contribution >= 4 is 54.9 Å². The molecule has 1 N–H and O–H groups in total. The molecule has 0 saturated carbocycles. The monoisotopic (exact) mass is 407 g/mol. The lowest BCUT2D eigenvalue weighted by atomic mass is 10.2. The Hall–Kier alpha value is -3.23. The number of ether oxygens (including phenoxy) is 1. The molecule has 3 heterocycles. The highest BCUT2D eigenvalue weighted by Crippen LogP contribution is 2.32. The Morgan fingerprint density at radius 3 is 2.96 bits per heavy atom. The van der Waals surface area contributed by atoms with Gasteiger partial charge < -0.3 is 9.15 Å². The van der Waals surface area contributed by atoms with Crippen LogP contribution >= 0.6 is 22.7 Å². The number of rotatable bonds is 4. The van der Waals surface area contributed by atoms with Crippen molar-refractivity contribution in [2.45, 2.75) is 0 Å². The van der Waals surface area contributed by atoms with Gasteiger partial charge in [-0.2, -0.15) is 0 Å². The van der Waals surface area contributed by atoms with E-state index in [2.05, 4.69) is 15.3 Å². The van der Waals surface area contributed by atoms with E-state index in [1.165, 1.54) is 22.7 Å². The van der Waals surface area contributed by atoms with Crippen LogP contribution in [0.1, 0.15) is 10.4 Å². The Balaban J connectivity index is 1.39. The number of hydrogen-bond donors (Lipinski definition) is 1. The minimum atomic E-state index is -0.203. The molecule has 5 aromatic rings. The van der Waals surface area contributed by atoms with Gasteiger partial charge in [-0.15, -0.1) is 22.7 Å². The van der Waals surface area contributed by atoms with Crippen LogP contribution in [0.25, 0.3) is 32.6 Å². The first-order chi connectivity index (χ1) is 13.7. The van der Waals surface area contributed by atoms with Crippen molar-refractivity contribution in [2.75, 3.05) is 12.4 Å². The summed E-state index contributed by atoms with van der Waals surface area (Å²) in [5.41, 5.74) is 4.66. The highest BCUT2D eigenvalue weighted by Gasteiger charge is 2.14. The van der Waals surface area contributed by atoms with Crippen LogP contribution in [0.3, 0.4) is 0 Å². The summed E-state index contributed by atoms with van der Waals surface area (Å²) in [5, 5.41) is 6.16. The van der Waals surface area contributed by atoms with E-state index < -0.39 is 0 Å². The maximum absolute atomic E-state index is 12.5. The molecule has 0 aliphatic heterocycles. The summed E-state index contributed by atoms with van der Waals surface area (Å²) in [6, 6.07) is 13.0. The van der Waals surface area contributed by atoms with Gasteiger partial charge in [-0.05, 0) is 42.5 Å². The van der Waals surface area contributed by atoms with Gasteiger partial charge in [0.2, 0.25) is 0 Å². The van der Waals surface area contributed by atoms with E-state index in [4.69, 9.17) is 9.15 Å². The predicted octanol–water partition coefficient (Wildman–Crippen LogP) is 5.43. The summed E-state index contributed by atoms with van der Waals surface area (Å²) in [5.74, 6) is 1.21. The van der Waals surface area contributed by atoms with Crippen molar-refractivity contribution in [1.29, 1.82) is 0 Å². The van der Waals surface area contributed by atoms with Crippen LogP contribution in [-0.4, -0.2) is 23.0 Å². The summed E-state index contributed by atoms with van der Waals surface area (Å²) in [6.07, 6.45) is 0. The zero-order chi connectivity index (χ0) is 19.1. The first-order valence-corrected chi connectivity index (χ1v) is 10.1. The summed E-state index contributed by atoms with van der Waals surface area (Å²) < 4.78 is 12.1. The molecule has 0 aliphatic carbocycles. The third kappa shape index (κ3) is 3.02. The standard InChI is InChI=1S/C20H13N3O3S2/c1-25-13-3-5-16-12(6-13)7-17(26-16)15-9-27-20(22-15)23-19(24)11-2-4-14-18(8-11)28-10-21-14/h2-10H,1H3,(H,22,23,24). The molecular formula is C20H13N3O3S2. The summed E-state index contributed by atoms with van der Waals surface area (Å²) >= 11 is 2.86. The van der Waals surface area contributed by atoms with Crippen LogP contribution in [-0.2, 0) is 0 Å². The van der Waals surface area contributed by atoms with Crippen molar-refractivity contribution in [3.05, 3.63) is 58.9 Å². The zero-order valence-corrected chi connectivity index (χ0v) is 16.3. The molecule has 0 bridgehead atoms. The smallest absolute Gasteiger partial charge is 0.257 e. The topological polar surface area (TPSA) is 77.2 Å². The molecule has 0 saturated heterocycles. The fourth-order valence-corrected chi connectivity index (χ4v) is 4.30. The number of nitrogens with one attached hydrogen (secondary N) is 1. The van der Waals surface area contributed by atoms with Gasteiger partial charge in [0, 0.05) is 16.3 Å². The predicted molar refractivity (Wildman–Crippen MR) is 111 cm³/mol. The van der Waals surface area contributed by atoms with Crippen LogP contribution in [0.15, 0.2) is 57.8 Å². The average molecular weight is 407 g/mol. The SMILES string of the molecule is COc1ccc2oc(-c3csc(NC(=O)c4ccc5ncsc5c4)n3)cc2c1. The molecule has 3 aromatic heterocycles. The van der Waals surface area contributed by atoms with Gasteiger partial charge in [-0.25, -0.2) is 9.97 Å². The molecule has 1 amide bonds. The Morgan fingerprint density at radius 2 is 2.07 bits per heavy atom. The first-order valence-electron chi connectivity index (χ1n) is 8.38. The number of methoxy groups -OCH3 is 1. The number of amides is 1. The minimum Gasteiger partial charge on any atom is -0.497 e. The summed E-state index contributed by atoms with van der Waals surface area (Å²) in [6.45, 7) is 0. The number of carbonyl (C=O) groups excluding carboxylic acids is 1. The lowest BCUT2D eigenvalue weighted by Crippen LogP contribution is -2.11. The first kappa shape index (κ1) is 16.9. The van der Waals surface area contributed by atoms with Gasteiger partial charge in [-0.3, -0.25) is 10.1 Å². The van der Waals surface area contributed by atoms with Crippen molar-refractivity contribution in [3.63, 3.8) is 0 Å². The Bertz CT molecular complexity index is 1320. The number of carbonyl (C=O) groups is 1. The number of furan rings is 1. The van der Waals surface area contributed by atoms with Gasteiger partial charge in [0.05, 0.1) is 22.8 Å². The number of aromatic nitrogens is 2. The molecule has 138 valence electrons. The molecule has 28 heavy (non-hydrogen) atoms. The van der Waals surface area contributed by atoms with Gasteiger partial charge >= 0.3 is 0 Å². The van der Waals surface area contributed by atoms with Crippen molar-refractivity contribution < 1.29 is 13.9 Å². The molecule has 0 spiro atoms. The molecule has 0 atom stereocenters. The number of benzene rings is 2. The van der Waals surface area contributed by atoms with Crippen molar-refractivity contribution in [3.8, 4) is 17.2 Å². The number of nitrogens with zero attached hydrogens (tertiary/aromatic N) is 2. The lowest BCUT2D eigenvalue weighted by molar-refractivity contribution is 0.102. The summed E-state index contributed by atoms with van der Waals surface area (Å²) in [4.78, 5) is 21.3. The summed E-state index contributed by atoms with van der Waals surface area (Å²) in [7, 11) is 1.63. The molecule has 6 nitrogen and oxygen atoms in total. The molecule has 0 radical (unpaired) electrons. The van der Waals surface area contributed by atoms with E-state index in [-0.39, 0.29) is 5.91 Å². The largest absolute Gasteiger partial charge is 0.497 e. The van der Waals surface area contributed by atoms with Crippen LogP contribution < -0.4 is 10.1 Å². The highest BCUT2D eigenvalue weighted by molar-refractivity contribution is 7.16. The third-order valence-corrected chi connectivity index (χ3v) is 5.84. The maximum atomic E-state index is 12.5. The van der Waals surface area contributed by atoms with E-state index in [1.54, 1.807) is 18.7 Å². The fourth-order valence-electron chi connectivity index (χ4n) is 2.88. The Kier molecular flexibility index (Phi) is 4.07. The molecular weight excluding hydrogens is 394 g/mol. The number of fused-ring (bicyclic) bond motifs is 2. The third-order valence-electron chi connectivity index (χ3n) is 4.29. The van der Waals surface area contributed by atoms with E-state index in [9.17, 15) is 4.79 Å². The Labute approximate surface area is 167 Å². The van der Waals surface area contributed by atoms with E-state index in [1.807, 2.05) is 41.8 Å². The van der Waals surface area contributed by atoms with Gasteiger partial charge in [0.15, 0.2) is 10.9 Å². The average Bonchev–Trinajstić information content (AvgIpc) is 3.45. The normalized spacial score (nSPS) is 11.2. The lowest BCUT2D eigenvalue weighted by Gasteiger charge is -2.01. The molecule has 5 rings (SSSR count). The fraction of sp³-hybridized carbons (Fsp3) is 0.0500. The zero-order valence-electron chi connectivity index (χ0n) is 14.6. The van der Waals surface area contributed by atoms with Crippen LogP contribution in [0.2, 0.25) is 0 Å². The second-order valence-corrected chi connectivity index (χ2v) is 7.79. The number of anilines is 1. The van der Waals surface area contributed by atoms with Crippen LogP contribution in [0.5, 0.6) is 5.75 Å². The maximum Gasteiger partial charge on any atom is 0.257 e. The van der Waals surface area contributed by atoms with Gasteiger partial charge in [-0.1, -0.05) is 0 Å². The second-order valence-electron chi connectivity index (χ2n) is 6.04. The Morgan fingerprint density at radius 1 is 1.14 bits per heavy atom. The van der Waals surface area contributed by atoms with Gasteiger partial charge in [0.1, 0.15) is 17.0 Å². The minimum absolute atomic E-state index is 0.203. The molecule has 8 heteroatoms.